The van der Waals surface area contributed by atoms with E-state index in [0.29, 0.717) is 17.4 Å². The van der Waals surface area contributed by atoms with Crippen LogP contribution in [0.15, 0.2) is 53.7 Å². The van der Waals surface area contributed by atoms with Crippen LogP contribution in [0.25, 0.3) is 10.8 Å². The fourth-order valence-corrected chi connectivity index (χ4v) is 4.62. The number of hydrogen-bond acceptors (Lipinski definition) is 4. The summed E-state index contributed by atoms with van der Waals surface area (Å²) in [4.78, 5) is 30.7. The fraction of sp³-hybridized carbons (Fsp3) is 0.345. The van der Waals surface area contributed by atoms with Crippen molar-refractivity contribution >= 4 is 28.2 Å². The number of carbonyl (C=O) groups is 2. The fourth-order valence-electron chi connectivity index (χ4n) is 4.62. The molecule has 3 aromatic carbocycles. The van der Waals surface area contributed by atoms with Crippen molar-refractivity contribution in [1.82, 2.24) is 5.32 Å². The van der Waals surface area contributed by atoms with E-state index in [1.54, 1.807) is 11.4 Å². The molecule has 8 heteroatoms. The molecule has 1 aliphatic heterocycles. The molecule has 0 radical (unpaired) electrons. The van der Waals surface area contributed by atoms with Gasteiger partial charge in [0, 0.05) is 30.4 Å². The first-order valence-corrected chi connectivity index (χ1v) is 12.1. The Bertz CT molecular complexity index is 1390. The Hall–Kier alpha value is -3.68. The molecule has 0 saturated heterocycles. The minimum atomic E-state index is -4.49. The number of fused-ring (bicyclic) bond motifs is 1. The lowest BCUT2D eigenvalue weighted by Gasteiger charge is -2.24. The molecule has 1 unspecified atom stereocenters. The van der Waals surface area contributed by atoms with E-state index in [1.165, 1.54) is 16.7 Å². The molecule has 0 bridgehead atoms. The van der Waals surface area contributed by atoms with Crippen molar-refractivity contribution in [3.05, 3.63) is 81.9 Å². The van der Waals surface area contributed by atoms with Crippen LogP contribution in [0, 0.1) is 20.8 Å². The maximum Gasteiger partial charge on any atom is 0.405 e. The van der Waals surface area contributed by atoms with Crippen molar-refractivity contribution in [2.45, 2.75) is 58.7 Å². The summed E-state index contributed by atoms with van der Waals surface area (Å²) in [6.07, 6.45) is -4.46. The standard InChI is InChI=1S/C29H29F3N2O3/c1-17-13-20(14-18(2)19(17)3)28(4)15-25(34-37-28)23-9-10-24(22-8-6-5-7-21(22)23)26(35)11-12-27(36)33-16-29(30,31)32/h5-10,13-14H,11-12,15-16H2,1-4H3,(H,33,36). The van der Waals surface area contributed by atoms with E-state index in [2.05, 4.69) is 38.1 Å². The van der Waals surface area contributed by atoms with Crippen molar-refractivity contribution in [3.63, 3.8) is 0 Å². The highest BCUT2D eigenvalue weighted by atomic mass is 19.4. The van der Waals surface area contributed by atoms with Gasteiger partial charge in [0.1, 0.15) is 6.54 Å². The number of carbonyl (C=O) groups excluding carboxylic acids is 2. The monoisotopic (exact) mass is 510 g/mol. The number of halogens is 3. The predicted octanol–water partition coefficient (Wildman–Crippen LogP) is 6.45. The minimum absolute atomic E-state index is 0.193. The van der Waals surface area contributed by atoms with E-state index in [9.17, 15) is 22.8 Å². The zero-order chi connectivity index (χ0) is 27.0. The van der Waals surface area contributed by atoms with E-state index in [-0.39, 0.29) is 18.6 Å². The van der Waals surface area contributed by atoms with Crippen molar-refractivity contribution in [2.24, 2.45) is 5.16 Å². The first kappa shape index (κ1) is 26.4. The maximum atomic E-state index is 12.9. The van der Waals surface area contributed by atoms with Crippen LogP contribution in [0.2, 0.25) is 0 Å². The van der Waals surface area contributed by atoms with Gasteiger partial charge in [-0.1, -0.05) is 53.7 Å². The van der Waals surface area contributed by atoms with Gasteiger partial charge in [0.25, 0.3) is 0 Å². The third-order valence-corrected chi connectivity index (χ3v) is 7.00. The number of nitrogens with zero attached hydrogens (tertiary/aromatic N) is 1. The summed E-state index contributed by atoms with van der Waals surface area (Å²) in [6.45, 7) is 6.85. The molecule has 37 heavy (non-hydrogen) atoms. The predicted molar refractivity (Wildman–Crippen MR) is 137 cm³/mol. The molecule has 1 atom stereocenters. The van der Waals surface area contributed by atoms with Gasteiger partial charge in [-0.15, -0.1) is 0 Å². The topological polar surface area (TPSA) is 67.8 Å². The van der Waals surface area contributed by atoms with Crippen molar-refractivity contribution in [3.8, 4) is 0 Å². The van der Waals surface area contributed by atoms with E-state index < -0.39 is 24.2 Å². The third-order valence-electron chi connectivity index (χ3n) is 7.00. The molecule has 1 amide bonds. The summed E-state index contributed by atoms with van der Waals surface area (Å²) in [5.41, 5.74) is 6.07. The molecule has 0 fully saturated rings. The summed E-state index contributed by atoms with van der Waals surface area (Å²) >= 11 is 0. The summed E-state index contributed by atoms with van der Waals surface area (Å²) in [6, 6.07) is 15.2. The van der Waals surface area contributed by atoms with Gasteiger partial charge in [0.2, 0.25) is 5.91 Å². The Labute approximate surface area is 213 Å². The SMILES string of the molecule is Cc1cc(C2(C)CC(c3ccc(C(=O)CCC(=O)NCC(F)(F)F)c4ccccc34)=NO2)cc(C)c1C. The van der Waals surface area contributed by atoms with Gasteiger partial charge in [-0.3, -0.25) is 9.59 Å². The molecule has 4 rings (SSSR count). The summed E-state index contributed by atoms with van der Waals surface area (Å²) < 4.78 is 36.9. The largest absolute Gasteiger partial charge is 0.405 e. The second-order valence-corrected chi connectivity index (χ2v) is 9.79. The van der Waals surface area contributed by atoms with Crippen LogP contribution < -0.4 is 5.32 Å². The zero-order valence-corrected chi connectivity index (χ0v) is 21.3. The van der Waals surface area contributed by atoms with Crippen molar-refractivity contribution in [2.75, 3.05) is 6.54 Å². The van der Waals surface area contributed by atoms with E-state index in [4.69, 9.17) is 4.84 Å². The number of alkyl halides is 3. The Morgan fingerprint density at radius 1 is 1.00 bits per heavy atom. The Morgan fingerprint density at radius 3 is 2.30 bits per heavy atom. The molecule has 0 saturated carbocycles. The zero-order valence-electron chi connectivity index (χ0n) is 21.3. The number of amides is 1. The molecule has 3 aromatic rings. The molecular weight excluding hydrogens is 481 g/mol. The molecule has 1 heterocycles. The van der Waals surface area contributed by atoms with E-state index >= 15 is 0 Å². The van der Waals surface area contributed by atoms with Gasteiger partial charge >= 0.3 is 6.18 Å². The first-order valence-electron chi connectivity index (χ1n) is 12.1. The van der Waals surface area contributed by atoms with Crippen LogP contribution in [0.1, 0.15) is 64.4 Å². The number of hydrogen-bond donors (Lipinski definition) is 1. The highest BCUT2D eigenvalue weighted by Gasteiger charge is 2.37. The summed E-state index contributed by atoms with van der Waals surface area (Å²) in [7, 11) is 0. The second kappa shape index (κ2) is 10.00. The highest BCUT2D eigenvalue weighted by molar-refractivity contribution is 6.17. The number of Topliss-reactive ketones (excluding diaryl/α,β-unsaturated/α-hetero) is 1. The molecule has 0 aromatic heterocycles. The summed E-state index contributed by atoms with van der Waals surface area (Å²) in [5.74, 6) is -1.13. The van der Waals surface area contributed by atoms with Crippen LogP contribution >= 0.6 is 0 Å². The van der Waals surface area contributed by atoms with Crippen molar-refractivity contribution in [1.29, 1.82) is 0 Å². The van der Waals surface area contributed by atoms with Crippen molar-refractivity contribution < 1.29 is 27.6 Å². The van der Waals surface area contributed by atoms with Crippen LogP contribution in [-0.4, -0.2) is 30.1 Å². The minimum Gasteiger partial charge on any atom is -0.384 e. The molecule has 0 aliphatic carbocycles. The van der Waals surface area contributed by atoms with Gasteiger partial charge in [0.15, 0.2) is 11.4 Å². The number of rotatable bonds is 7. The number of benzene rings is 3. The third kappa shape index (κ3) is 5.68. The molecule has 5 nitrogen and oxygen atoms in total. The molecule has 0 spiro atoms. The lowest BCUT2D eigenvalue weighted by Crippen LogP contribution is -2.33. The number of ketones is 1. The molecular formula is C29H29F3N2O3. The molecule has 1 N–H and O–H groups in total. The second-order valence-electron chi connectivity index (χ2n) is 9.79. The Morgan fingerprint density at radius 2 is 1.65 bits per heavy atom. The van der Waals surface area contributed by atoms with E-state index in [1.807, 2.05) is 37.3 Å². The normalized spacial score (nSPS) is 17.4. The highest BCUT2D eigenvalue weighted by Crippen LogP contribution is 2.39. The van der Waals surface area contributed by atoms with Crippen LogP contribution in [0.5, 0.6) is 0 Å². The number of nitrogens with one attached hydrogen (secondary N) is 1. The quantitative estimate of drug-likeness (QED) is 0.372. The number of aryl methyl sites for hydroxylation is 2. The lowest BCUT2D eigenvalue weighted by atomic mass is 9.85. The Balaban J connectivity index is 1.55. The average Bonchev–Trinajstić information content (AvgIpc) is 3.26. The summed E-state index contributed by atoms with van der Waals surface area (Å²) in [5, 5.41) is 7.74. The lowest BCUT2D eigenvalue weighted by molar-refractivity contribution is -0.138. The van der Waals surface area contributed by atoms with Crippen LogP contribution in [-0.2, 0) is 15.2 Å². The van der Waals surface area contributed by atoms with Gasteiger partial charge in [-0.05, 0) is 60.7 Å². The molecule has 1 aliphatic rings. The average molecular weight is 511 g/mol. The maximum absolute atomic E-state index is 12.9. The smallest absolute Gasteiger partial charge is 0.384 e. The van der Waals surface area contributed by atoms with Gasteiger partial charge < -0.3 is 10.2 Å². The number of oxime groups is 1. The van der Waals surface area contributed by atoms with Crippen LogP contribution in [0.3, 0.4) is 0 Å². The van der Waals surface area contributed by atoms with E-state index in [0.717, 1.165) is 22.2 Å². The molecule has 194 valence electrons. The first-order chi connectivity index (χ1) is 17.4. The van der Waals surface area contributed by atoms with Gasteiger partial charge in [0.05, 0.1) is 5.71 Å². The van der Waals surface area contributed by atoms with Crippen LogP contribution in [0.4, 0.5) is 13.2 Å². The Kier molecular flexibility index (Phi) is 7.13. The van der Waals surface area contributed by atoms with Gasteiger partial charge in [-0.2, -0.15) is 13.2 Å². The van der Waals surface area contributed by atoms with Gasteiger partial charge in [-0.25, -0.2) is 0 Å².